The summed E-state index contributed by atoms with van der Waals surface area (Å²) >= 11 is 0. The summed E-state index contributed by atoms with van der Waals surface area (Å²) in [5.74, 6) is -0.437. The lowest BCUT2D eigenvalue weighted by Gasteiger charge is -2.46. The van der Waals surface area contributed by atoms with Gasteiger partial charge in [0, 0.05) is 24.7 Å². The van der Waals surface area contributed by atoms with Crippen LogP contribution in [-0.2, 0) is 22.0 Å². The van der Waals surface area contributed by atoms with Crippen LogP contribution in [0.15, 0.2) is 71.6 Å². The number of aryl methyl sites for hydroxylation is 1. The van der Waals surface area contributed by atoms with Crippen LogP contribution in [0, 0.1) is 12.7 Å². The predicted octanol–water partition coefficient (Wildman–Crippen LogP) is 3.55. The number of halogens is 1. The van der Waals surface area contributed by atoms with E-state index in [2.05, 4.69) is 0 Å². The number of likely N-dealkylation sites (N-methyl/N-ethyl adjacent to an activating group) is 1. The van der Waals surface area contributed by atoms with Crippen molar-refractivity contribution in [3.8, 4) is 0 Å². The first-order valence-electron chi connectivity index (χ1n) is 9.68. The van der Waals surface area contributed by atoms with E-state index in [-0.39, 0.29) is 11.3 Å². The number of fused-ring (bicyclic) bond motifs is 4. The second kappa shape index (κ2) is 6.30. The van der Waals surface area contributed by atoms with Crippen molar-refractivity contribution in [3.05, 3.63) is 89.2 Å². The molecular weight excluding hydrogens is 403 g/mol. The molecular formula is C23H21FN2O3S. The molecule has 0 saturated carbocycles. The third-order valence-corrected chi connectivity index (χ3v) is 7.87. The molecule has 0 spiro atoms. The Bertz CT molecular complexity index is 1260. The van der Waals surface area contributed by atoms with E-state index in [1.807, 2.05) is 19.1 Å². The van der Waals surface area contributed by atoms with Crippen LogP contribution in [0.25, 0.3) is 0 Å². The highest BCUT2D eigenvalue weighted by atomic mass is 32.2. The van der Waals surface area contributed by atoms with Crippen molar-refractivity contribution in [2.75, 3.05) is 16.3 Å². The van der Waals surface area contributed by atoms with Crippen LogP contribution in [0.4, 0.5) is 15.8 Å². The van der Waals surface area contributed by atoms with E-state index in [0.717, 1.165) is 11.1 Å². The number of hydrogen-bond acceptors (Lipinski definition) is 4. The van der Waals surface area contributed by atoms with Gasteiger partial charge in [-0.15, -0.1) is 0 Å². The van der Waals surface area contributed by atoms with Gasteiger partial charge >= 0.3 is 0 Å². The monoisotopic (exact) mass is 424 g/mol. The van der Waals surface area contributed by atoms with Crippen LogP contribution in [0.1, 0.15) is 16.7 Å². The second-order valence-corrected chi connectivity index (χ2v) is 9.80. The van der Waals surface area contributed by atoms with Gasteiger partial charge in [0.1, 0.15) is 11.4 Å². The molecule has 0 amide bonds. The summed E-state index contributed by atoms with van der Waals surface area (Å²) < 4.78 is 42.9. The van der Waals surface area contributed by atoms with Crippen molar-refractivity contribution in [1.29, 1.82) is 0 Å². The lowest BCUT2D eigenvalue weighted by molar-refractivity contribution is 0.0184. The number of rotatable bonds is 2. The fourth-order valence-corrected chi connectivity index (χ4v) is 6.40. The van der Waals surface area contributed by atoms with Crippen molar-refractivity contribution >= 4 is 21.4 Å². The van der Waals surface area contributed by atoms with Crippen LogP contribution in [0.5, 0.6) is 0 Å². The van der Waals surface area contributed by atoms with Crippen molar-refractivity contribution in [2.45, 2.75) is 30.0 Å². The Morgan fingerprint density at radius 2 is 1.73 bits per heavy atom. The third-order valence-electron chi connectivity index (χ3n) is 6.09. The van der Waals surface area contributed by atoms with E-state index in [0.29, 0.717) is 16.9 Å². The first kappa shape index (κ1) is 19.1. The number of nitrogens with zero attached hydrogens (tertiary/aromatic N) is 2. The molecule has 2 heterocycles. The Hall–Kier alpha value is -2.90. The van der Waals surface area contributed by atoms with Gasteiger partial charge < -0.3 is 10.0 Å². The van der Waals surface area contributed by atoms with Crippen molar-refractivity contribution in [2.24, 2.45) is 0 Å². The van der Waals surface area contributed by atoms with E-state index < -0.39 is 27.6 Å². The third kappa shape index (κ3) is 2.52. The first-order valence-corrected chi connectivity index (χ1v) is 11.1. The molecule has 7 heteroatoms. The average molecular weight is 424 g/mol. The summed E-state index contributed by atoms with van der Waals surface area (Å²) in [6.45, 7) is 1.89. The summed E-state index contributed by atoms with van der Waals surface area (Å²) in [6, 6.07) is 18.0. The Labute approximate surface area is 175 Å². The number of sulfonamides is 1. The molecule has 0 radical (unpaired) electrons. The van der Waals surface area contributed by atoms with Crippen molar-refractivity contribution in [3.63, 3.8) is 0 Å². The number of anilines is 2. The van der Waals surface area contributed by atoms with Crippen LogP contribution in [-0.4, -0.2) is 26.7 Å². The molecule has 2 aliphatic rings. The topological polar surface area (TPSA) is 60.9 Å². The minimum absolute atomic E-state index is 0.141. The molecule has 0 aromatic heterocycles. The average Bonchev–Trinajstić information content (AvgIpc) is 2.92. The molecule has 2 atom stereocenters. The quantitative estimate of drug-likeness (QED) is 0.684. The fourth-order valence-electron chi connectivity index (χ4n) is 4.67. The van der Waals surface area contributed by atoms with E-state index in [1.165, 1.54) is 16.4 Å². The number of hydrogen-bond donors (Lipinski definition) is 1. The maximum atomic E-state index is 14.0. The summed E-state index contributed by atoms with van der Waals surface area (Å²) in [5.41, 5.74) is 1.69. The molecule has 5 nitrogen and oxygen atoms in total. The molecule has 3 aromatic carbocycles. The molecule has 154 valence electrons. The van der Waals surface area contributed by atoms with Gasteiger partial charge in [0.25, 0.3) is 10.0 Å². The largest absolute Gasteiger partial charge is 0.381 e. The zero-order chi connectivity index (χ0) is 21.3. The summed E-state index contributed by atoms with van der Waals surface area (Å²) in [6.07, 6.45) is -0.702. The molecule has 1 N–H and O–H groups in total. The molecule has 5 rings (SSSR count). The maximum absolute atomic E-state index is 14.0. The van der Waals surface area contributed by atoms with Gasteiger partial charge in [-0.1, -0.05) is 42.0 Å². The highest BCUT2D eigenvalue weighted by Crippen LogP contribution is 2.52. The Balaban J connectivity index is 1.77. The van der Waals surface area contributed by atoms with Crippen LogP contribution in [0.3, 0.4) is 0 Å². The van der Waals surface area contributed by atoms with E-state index in [9.17, 15) is 17.9 Å². The zero-order valence-corrected chi connectivity index (χ0v) is 17.4. The molecule has 2 aliphatic heterocycles. The molecule has 0 unspecified atom stereocenters. The lowest BCUT2D eigenvalue weighted by atomic mass is 9.83. The van der Waals surface area contributed by atoms with Crippen molar-refractivity contribution in [1.82, 2.24) is 0 Å². The lowest BCUT2D eigenvalue weighted by Crippen LogP contribution is -2.60. The molecule has 30 heavy (non-hydrogen) atoms. The minimum atomic E-state index is -4.01. The Morgan fingerprint density at radius 1 is 1.03 bits per heavy atom. The van der Waals surface area contributed by atoms with Crippen molar-refractivity contribution < 1.29 is 17.9 Å². The van der Waals surface area contributed by atoms with Crippen LogP contribution < -0.4 is 9.21 Å². The van der Waals surface area contributed by atoms with Crippen LogP contribution >= 0.6 is 0 Å². The van der Waals surface area contributed by atoms with Gasteiger partial charge in [-0.2, -0.15) is 0 Å². The van der Waals surface area contributed by atoms with Gasteiger partial charge in [-0.3, -0.25) is 0 Å². The maximum Gasteiger partial charge on any atom is 0.266 e. The number of para-hydroxylation sites is 1. The summed E-state index contributed by atoms with van der Waals surface area (Å²) in [7, 11) is -2.32. The number of aliphatic hydroxyl groups is 1. The predicted molar refractivity (Wildman–Crippen MR) is 113 cm³/mol. The number of benzene rings is 3. The van der Waals surface area contributed by atoms with E-state index in [1.54, 1.807) is 54.4 Å². The summed E-state index contributed by atoms with van der Waals surface area (Å²) in [5, 5.41) is 11.8. The van der Waals surface area contributed by atoms with Gasteiger partial charge in [0.05, 0.1) is 10.6 Å². The SMILES string of the molecule is Cc1ccc(S(=O)(=O)N2c3ccccc3C[C@@]3(O)c4ccc(F)cc4N(C)[C@@H]23)cc1. The normalized spacial score (nSPS) is 22.5. The molecule has 0 aliphatic carbocycles. The highest BCUT2D eigenvalue weighted by molar-refractivity contribution is 7.92. The summed E-state index contributed by atoms with van der Waals surface area (Å²) in [4.78, 5) is 1.79. The highest BCUT2D eigenvalue weighted by Gasteiger charge is 2.57. The van der Waals surface area contributed by atoms with Gasteiger partial charge in [0.2, 0.25) is 0 Å². The zero-order valence-electron chi connectivity index (χ0n) is 16.6. The molecule has 0 fully saturated rings. The van der Waals surface area contributed by atoms with Gasteiger partial charge in [-0.25, -0.2) is 17.1 Å². The van der Waals surface area contributed by atoms with E-state index >= 15 is 0 Å². The second-order valence-electron chi connectivity index (χ2n) is 7.99. The fraction of sp³-hybridized carbons (Fsp3) is 0.217. The minimum Gasteiger partial charge on any atom is -0.381 e. The van der Waals surface area contributed by atoms with Gasteiger partial charge in [0.15, 0.2) is 6.17 Å². The van der Waals surface area contributed by atoms with Gasteiger partial charge in [-0.05, 0) is 42.8 Å². The van der Waals surface area contributed by atoms with E-state index in [4.69, 9.17) is 0 Å². The van der Waals surface area contributed by atoms with Crippen LogP contribution in [0.2, 0.25) is 0 Å². The molecule has 0 bridgehead atoms. The Morgan fingerprint density at radius 3 is 2.47 bits per heavy atom. The molecule has 3 aromatic rings. The smallest absolute Gasteiger partial charge is 0.266 e. The first-order chi connectivity index (χ1) is 14.2. The standard InChI is InChI=1S/C23H21FN2O3S/c1-15-7-10-18(11-8-15)30(28,29)26-20-6-4-3-5-16(20)14-23(27)19-12-9-17(24)13-21(19)25(2)22(23)26/h3-13,22,27H,14H2,1-2H3/t22-,23+/m0/s1. The Kier molecular flexibility index (Phi) is 4.01. The molecule has 0 saturated heterocycles.